The predicted molar refractivity (Wildman–Crippen MR) is 32.7 cm³/mol. The molecule has 0 unspecified atom stereocenters. The highest BCUT2D eigenvalue weighted by molar-refractivity contribution is 4.88. The molecule has 1 aliphatic rings. The van der Waals surface area contributed by atoms with Crippen molar-refractivity contribution in [3.63, 3.8) is 0 Å². The Balaban J connectivity index is 2.30. The van der Waals surface area contributed by atoms with Gasteiger partial charge in [0.2, 0.25) is 0 Å². The zero-order valence-electron chi connectivity index (χ0n) is 5.52. The molecule has 0 amide bonds. The molecule has 2 heteroatoms. The molecular weight excluding hydrogens is 102 g/mol. The van der Waals surface area contributed by atoms with Gasteiger partial charge in [-0.05, 0) is 7.05 Å². The van der Waals surface area contributed by atoms with Gasteiger partial charge >= 0.3 is 0 Å². The number of aliphatic hydroxyl groups excluding tert-OH is 1. The third-order valence-corrected chi connectivity index (χ3v) is 1.68. The van der Waals surface area contributed by atoms with Crippen LogP contribution in [0.5, 0.6) is 0 Å². The van der Waals surface area contributed by atoms with E-state index in [2.05, 4.69) is 18.9 Å². The van der Waals surface area contributed by atoms with Crippen molar-refractivity contribution in [1.29, 1.82) is 0 Å². The first-order valence-electron chi connectivity index (χ1n) is 2.96. The number of aliphatic hydroxyl groups is 1. The van der Waals surface area contributed by atoms with E-state index in [0.29, 0.717) is 6.61 Å². The van der Waals surface area contributed by atoms with Crippen molar-refractivity contribution in [2.45, 2.75) is 6.92 Å². The van der Waals surface area contributed by atoms with Crippen molar-refractivity contribution < 1.29 is 5.11 Å². The summed E-state index contributed by atoms with van der Waals surface area (Å²) < 4.78 is 0. The summed E-state index contributed by atoms with van der Waals surface area (Å²) in [5.74, 6) is 0. The molecule has 1 saturated heterocycles. The van der Waals surface area contributed by atoms with E-state index < -0.39 is 0 Å². The first kappa shape index (κ1) is 6.05. The fraction of sp³-hybridized carbons (Fsp3) is 1.00. The Labute approximate surface area is 50.1 Å². The summed E-state index contributed by atoms with van der Waals surface area (Å²) in [6.45, 7) is 4.53. The van der Waals surface area contributed by atoms with Crippen LogP contribution in [0.15, 0.2) is 0 Å². The summed E-state index contributed by atoms with van der Waals surface area (Å²) in [7, 11) is 2.07. The molecule has 8 heavy (non-hydrogen) atoms. The summed E-state index contributed by atoms with van der Waals surface area (Å²) in [6, 6.07) is 0. The minimum atomic E-state index is 0.217. The Morgan fingerprint density at radius 1 is 1.62 bits per heavy atom. The second-order valence-electron chi connectivity index (χ2n) is 3.14. The third kappa shape index (κ3) is 0.858. The maximum absolute atomic E-state index is 8.74. The first-order chi connectivity index (χ1) is 3.66. The lowest BCUT2D eigenvalue weighted by Crippen LogP contribution is -2.54. The van der Waals surface area contributed by atoms with Crippen molar-refractivity contribution in [1.82, 2.24) is 4.90 Å². The summed E-state index contributed by atoms with van der Waals surface area (Å²) in [5.41, 5.74) is 0.217. The maximum Gasteiger partial charge on any atom is 0.0509 e. The average Bonchev–Trinajstić information content (AvgIpc) is 1.63. The lowest BCUT2D eigenvalue weighted by molar-refractivity contribution is -0.00995. The van der Waals surface area contributed by atoms with Gasteiger partial charge < -0.3 is 10.0 Å². The minimum Gasteiger partial charge on any atom is -0.396 e. The zero-order chi connectivity index (χ0) is 6.20. The van der Waals surface area contributed by atoms with E-state index in [9.17, 15) is 0 Å². The zero-order valence-corrected chi connectivity index (χ0v) is 5.52. The second kappa shape index (κ2) is 1.71. The molecule has 1 rings (SSSR count). The van der Waals surface area contributed by atoms with Crippen LogP contribution in [0.1, 0.15) is 6.92 Å². The fourth-order valence-electron chi connectivity index (χ4n) is 1.36. The van der Waals surface area contributed by atoms with Crippen molar-refractivity contribution in [3.8, 4) is 0 Å². The van der Waals surface area contributed by atoms with Gasteiger partial charge in [0.1, 0.15) is 0 Å². The van der Waals surface area contributed by atoms with Crippen LogP contribution in [0.25, 0.3) is 0 Å². The molecular formula is C6H13NO. The quantitative estimate of drug-likeness (QED) is 0.517. The summed E-state index contributed by atoms with van der Waals surface area (Å²) in [6.07, 6.45) is 0. The van der Waals surface area contributed by atoms with E-state index in [0.717, 1.165) is 13.1 Å². The van der Waals surface area contributed by atoms with Gasteiger partial charge in [0.15, 0.2) is 0 Å². The summed E-state index contributed by atoms with van der Waals surface area (Å²) >= 11 is 0. The molecule has 1 aliphatic heterocycles. The Morgan fingerprint density at radius 2 is 2.12 bits per heavy atom. The maximum atomic E-state index is 8.74. The minimum absolute atomic E-state index is 0.217. The van der Waals surface area contributed by atoms with E-state index in [1.165, 1.54) is 0 Å². The van der Waals surface area contributed by atoms with Gasteiger partial charge in [0.05, 0.1) is 6.61 Å². The first-order valence-corrected chi connectivity index (χ1v) is 2.96. The van der Waals surface area contributed by atoms with Gasteiger partial charge in [0, 0.05) is 18.5 Å². The smallest absolute Gasteiger partial charge is 0.0509 e. The van der Waals surface area contributed by atoms with Crippen molar-refractivity contribution >= 4 is 0 Å². The van der Waals surface area contributed by atoms with Gasteiger partial charge in [-0.15, -0.1) is 0 Å². The fourth-order valence-corrected chi connectivity index (χ4v) is 1.36. The lowest BCUT2D eigenvalue weighted by atomic mass is 9.84. The molecule has 0 bridgehead atoms. The molecule has 48 valence electrons. The third-order valence-electron chi connectivity index (χ3n) is 1.68. The number of nitrogens with zero attached hydrogens (tertiary/aromatic N) is 1. The van der Waals surface area contributed by atoms with Crippen molar-refractivity contribution in [2.24, 2.45) is 5.41 Å². The van der Waals surface area contributed by atoms with E-state index in [4.69, 9.17) is 5.11 Å². The van der Waals surface area contributed by atoms with Crippen LogP contribution >= 0.6 is 0 Å². The molecule has 1 fully saturated rings. The Kier molecular flexibility index (Phi) is 1.29. The average molecular weight is 115 g/mol. The second-order valence-corrected chi connectivity index (χ2v) is 3.14. The largest absolute Gasteiger partial charge is 0.396 e. The van der Waals surface area contributed by atoms with Crippen LogP contribution in [0.3, 0.4) is 0 Å². The van der Waals surface area contributed by atoms with Crippen LogP contribution in [0, 0.1) is 5.41 Å². The van der Waals surface area contributed by atoms with Gasteiger partial charge in [-0.1, -0.05) is 6.92 Å². The molecule has 0 spiro atoms. The van der Waals surface area contributed by atoms with Crippen LogP contribution < -0.4 is 0 Å². The topological polar surface area (TPSA) is 23.5 Å². The summed E-state index contributed by atoms with van der Waals surface area (Å²) in [4.78, 5) is 2.20. The molecule has 1 N–H and O–H groups in total. The lowest BCUT2D eigenvalue weighted by Gasteiger charge is -2.44. The predicted octanol–water partition coefficient (Wildman–Crippen LogP) is -0.0696. The highest BCUT2D eigenvalue weighted by Gasteiger charge is 2.35. The van der Waals surface area contributed by atoms with E-state index in [1.54, 1.807) is 0 Å². The van der Waals surface area contributed by atoms with E-state index in [-0.39, 0.29) is 5.41 Å². The van der Waals surface area contributed by atoms with Gasteiger partial charge in [-0.2, -0.15) is 0 Å². The number of hydrogen-bond acceptors (Lipinski definition) is 2. The molecule has 0 aliphatic carbocycles. The number of likely N-dealkylation sites (tertiary alicyclic amines) is 1. The molecule has 0 atom stereocenters. The van der Waals surface area contributed by atoms with Crippen molar-refractivity contribution in [3.05, 3.63) is 0 Å². The van der Waals surface area contributed by atoms with Crippen LogP contribution in [0.2, 0.25) is 0 Å². The normalized spacial score (nSPS) is 27.4. The van der Waals surface area contributed by atoms with Crippen molar-refractivity contribution in [2.75, 3.05) is 26.7 Å². The number of rotatable bonds is 1. The van der Waals surface area contributed by atoms with Crippen LogP contribution in [-0.4, -0.2) is 36.8 Å². The molecule has 0 aromatic carbocycles. The van der Waals surface area contributed by atoms with Gasteiger partial charge in [0.25, 0.3) is 0 Å². The van der Waals surface area contributed by atoms with Crippen LogP contribution in [-0.2, 0) is 0 Å². The molecule has 0 saturated carbocycles. The highest BCUT2D eigenvalue weighted by Crippen LogP contribution is 2.26. The Hall–Kier alpha value is -0.0800. The molecule has 0 aromatic rings. The highest BCUT2D eigenvalue weighted by atomic mass is 16.3. The van der Waals surface area contributed by atoms with E-state index in [1.807, 2.05) is 0 Å². The molecule has 2 nitrogen and oxygen atoms in total. The molecule has 0 aromatic heterocycles. The Morgan fingerprint density at radius 3 is 2.25 bits per heavy atom. The molecule has 1 heterocycles. The summed E-state index contributed by atoms with van der Waals surface area (Å²) in [5, 5.41) is 8.74. The number of hydrogen-bond donors (Lipinski definition) is 1. The van der Waals surface area contributed by atoms with E-state index >= 15 is 0 Å². The Bertz CT molecular complexity index is 86.5. The monoisotopic (exact) mass is 115 g/mol. The SMILES string of the molecule is CN1CC(C)(CO)C1. The standard InChI is InChI=1S/C6H13NO/c1-6(5-8)3-7(2)4-6/h8H,3-5H2,1-2H3. The molecule has 0 radical (unpaired) electrons. The van der Waals surface area contributed by atoms with Crippen LogP contribution in [0.4, 0.5) is 0 Å². The van der Waals surface area contributed by atoms with Gasteiger partial charge in [-0.25, -0.2) is 0 Å². The van der Waals surface area contributed by atoms with Gasteiger partial charge in [-0.3, -0.25) is 0 Å².